The van der Waals surface area contributed by atoms with Gasteiger partial charge in [0, 0.05) is 26.1 Å². The Balaban J connectivity index is 1.43. The van der Waals surface area contributed by atoms with Crippen molar-refractivity contribution in [2.45, 2.75) is 58.6 Å². The van der Waals surface area contributed by atoms with Gasteiger partial charge in [-0.15, -0.1) is 0 Å². The molecule has 2 aliphatic carbocycles. The van der Waals surface area contributed by atoms with Gasteiger partial charge < -0.3 is 19.8 Å². The topological polar surface area (TPSA) is 93.5 Å². The molecule has 2 N–H and O–H groups in total. The van der Waals surface area contributed by atoms with Gasteiger partial charge in [0.25, 0.3) is 5.91 Å². The molecule has 2 saturated carbocycles. The Kier molecular flexibility index (Phi) is 4.53. The third-order valence-corrected chi connectivity index (χ3v) is 7.35. The summed E-state index contributed by atoms with van der Waals surface area (Å²) in [5.41, 5.74) is 0.535. The molecule has 7 nitrogen and oxygen atoms in total. The number of ether oxygens (including phenoxy) is 1. The number of nitrogens with one attached hydrogen (secondary N) is 2. The highest BCUT2D eigenvalue weighted by molar-refractivity contribution is 5.91. The molecule has 0 radical (unpaired) electrons. The summed E-state index contributed by atoms with van der Waals surface area (Å²) in [5.74, 6) is 0.870. The second-order valence-electron chi connectivity index (χ2n) is 9.01. The quantitative estimate of drug-likeness (QED) is 0.822. The fourth-order valence-electron chi connectivity index (χ4n) is 6.14. The molecule has 2 heterocycles. The van der Waals surface area contributed by atoms with Gasteiger partial charge in [-0.05, 0) is 48.3 Å². The minimum Gasteiger partial charge on any atom is -0.451 e. The van der Waals surface area contributed by atoms with Crippen LogP contribution in [0, 0.1) is 22.7 Å². The Morgan fingerprint density at radius 1 is 1.37 bits per heavy atom. The highest BCUT2D eigenvalue weighted by Gasteiger charge is 2.68. The molecule has 4 rings (SSSR count). The normalized spacial score (nSPS) is 36.3. The molecule has 0 aromatic carbocycles. The first kappa shape index (κ1) is 18.5. The minimum atomic E-state index is -0.223. The zero-order valence-corrected chi connectivity index (χ0v) is 16.3. The van der Waals surface area contributed by atoms with Gasteiger partial charge in [-0.3, -0.25) is 9.59 Å². The van der Waals surface area contributed by atoms with Crippen LogP contribution in [0.1, 0.15) is 56.9 Å². The Morgan fingerprint density at radius 3 is 2.89 bits per heavy atom. The van der Waals surface area contributed by atoms with E-state index in [2.05, 4.69) is 29.5 Å². The lowest BCUT2D eigenvalue weighted by atomic mass is 9.59. The maximum Gasteiger partial charge on any atom is 0.273 e. The fourth-order valence-corrected chi connectivity index (χ4v) is 6.14. The molecule has 1 spiro atoms. The van der Waals surface area contributed by atoms with Gasteiger partial charge >= 0.3 is 0 Å². The van der Waals surface area contributed by atoms with E-state index in [4.69, 9.17) is 9.15 Å². The van der Waals surface area contributed by atoms with E-state index >= 15 is 0 Å². The molecule has 5 atom stereocenters. The van der Waals surface area contributed by atoms with Gasteiger partial charge in [0.1, 0.15) is 6.26 Å². The first-order valence-electron chi connectivity index (χ1n) is 9.89. The number of carbonyl (C=O) groups excluding carboxylic acids is 2. The van der Waals surface area contributed by atoms with Crippen molar-refractivity contribution in [3.8, 4) is 0 Å². The SMILES string of the molecule is CC(=O)N[C@H]1C(C)(C)[C@@H]2C[C@@H]3[C@@H](CCNC(=O)c4cocn4)OCCC31C2. The molecule has 1 aliphatic heterocycles. The Bertz CT molecular complexity index is 717. The fraction of sp³-hybridized carbons (Fsp3) is 0.750. The number of rotatable bonds is 5. The van der Waals surface area contributed by atoms with E-state index in [0.717, 1.165) is 25.9 Å². The second kappa shape index (κ2) is 6.62. The number of aromatic nitrogens is 1. The van der Waals surface area contributed by atoms with Crippen LogP contribution in [0.25, 0.3) is 0 Å². The van der Waals surface area contributed by atoms with Crippen LogP contribution in [0.5, 0.6) is 0 Å². The Labute approximate surface area is 159 Å². The van der Waals surface area contributed by atoms with Crippen LogP contribution in [0.2, 0.25) is 0 Å². The second-order valence-corrected chi connectivity index (χ2v) is 9.01. The van der Waals surface area contributed by atoms with Gasteiger partial charge in [0.2, 0.25) is 5.91 Å². The molecule has 27 heavy (non-hydrogen) atoms. The number of hydrogen-bond acceptors (Lipinski definition) is 5. The Hall–Kier alpha value is -1.89. The van der Waals surface area contributed by atoms with Crippen LogP contribution in [0.15, 0.2) is 17.1 Å². The van der Waals surface area contributed by atoms with Crippen LogP contribution < -0.4 is 10.6 Å². The standard InChI is InChI=1S/C20H29N3O4/c1-12(24)23-18-19(2,3)13-8-14-16(27-7-5-20(14,18)9-13)4-6-21-17(25)15-10-26-11-22-15/h10-11,13-14,16,18H,4-9H2,1-3H3,(H,21,25)(H,23,24)/t13-,14-,16-,18+,20?/m1/s1. The zero-order valence-electron chi connectivity index (χ0n) is 16.3. The summed E-state index contributed by atoms with van der Waals surface area (Å²) < 4.78 is 11.0. The highest BCUT2D eigenvalue weighted by Crippen LogP contribution is 2.68. The Morgan fingerprint density at radius 2 is 2.19 bits per heavy atom. The van der Waals surface area contributed by atoms with Gasteiger partial charge in [-0.2, -0.15) is 0 Å². The summed E-state index contributed by atoms with van der Waals surface area (Å²) in [6, 6.07) is 0.197. The summed E-state index contributed by atoms with van der Waals surface area (Å²) in [7, 11) is 0. The number of nitrogens with zero attached hydrogens (tertiary/aromatic N) is 1. The predicted molar refractivity (Wildman–Crippen MR) is 97.8 cm³/mol. The molecule has 2 bridgehead atoms. The van der Waals surface area contributed by atoms with Gasteiger partial charge in [0.05, 0.1) is 6.10 Å². The summed E-state index contributed by atoms with van der Waals surface area (Å²) in [5, 5.41) is 6.19. The molecule has 1 saturated heterocycles. The van der Waals surface area contributed by atoms with E-state index in [0.29, 0.717) is 24.1 Å². The average Bonchev–Trinajstić information content (AvgIpc) is 3.30. The average molecular weight is 375 g/mol. The molecule has 1 aromatic heterocycles. The number of fused-ring (bicyclic) bond motifs is 1. The molecule has 148 valence electrons. The van der Waals surface area contributed by atoms with Crippen LogP contribution >= 0.6 is 0 Å². The van der Waals surface area contributed by atoms with Crippen LogP contribution in [0.3, 0.4) is 0 Å². The maximum absolute atomic E-state index is 12.0. The molecule has 1 unspecified atom stereocenters. The number of oxazole rings is 1. The highest BCUT2D eigenvalue weighted by atomic mass is 16.5. The monoisotopic (exact) mass is 375 g/mol. The first-order chi connectivity index (χ1) is 12.8. The minimum absolute atomic E-state index is 0.0525. The number of amides is 2. The molecule has 7 heteroatoms. The van der Waals surface area contributed by atoms with E-state index in [1.807, 2.05) is 0 Å². The predicted octanol–water partition coefficient (Wildman–Crippen LogP) is 2.14. The third kappa shape index (κ3) is 2.96. The molecule has 3 fully saturated rings. The van der Waals surface area contributed by atoms with Crippen LogP contribution in [-0.2, 0) is 9.53 Å². The van der Waals surface area contributed by atoms with Crippen molar-refractivity contribution in [3.63, 3.8) is 0 Å². The van der Waals surface area contributed by atoms with E-state index < -0.39 is 0 Å². The van der Waals surface area contributed by atoms with Crippen molar-refractivity contribution in [3.05, 3.63) is 18.4 Å². The summed E-state index contributed by atoms with van der Waals surface area (Å²) >= 11 is 0. The lowest BCUT2D eigenvalue weighted by Gasteiger charge is -2.53. The van der Waals surface area contributed by atoms with Crippen molar-refractivity contribution in [1.82, 2.24) is 15.6 Å². The van der Waals surface area contributed by atoms with Crippen molar-refractivity contribution in [2.24, 2.45) is 22.7 Å². The summed E-state index contributed by atoms with van der Waals surface area (Å²) in [6.07, 6.45) is 6.81. The van der Waals surface area contributed by atoms with Gasteiger partial charge in [-0.25, -0.2) is 4.98 Å². The van der Waals surface area contributed by atoms with Gasteiger partial charge in [-0.1, -0.05) is 13.8 Å². The largest absolute Gasteiger partial charge is 0.451 e. The summed E-state index contributed by atoms with van der Waals surface area (Å²) in [4.78, 5) is 27.8. The zero-order chi connectivity index (χ0) is 19.2. The van der Waals surface area contributed by atoms with E-state index in [1.165, 1.54) is 19.1 Å². The lowest BCUT2D eigenvalue weighted by molar-refractivity contribution is -0.135. The number of hydrogen-bond donors (Lipinski definition) is 2. The van der Waals surface area contributed by atoms with E-state index in [-0.39, 0.29) is 34.8 Å². The van der Waals surface area contributed by atoms with Crippen molar-refractivity contribution < 1.29 is 18.7 Å². The van der Waals surface area contributed by atoms with Crippen molar-refractivity contribution in [1.29, 1.82) is 0 Å². The van der Waals surface area contributed by atoms with Crippen molar-refractivity contribution >= 4 is 11.8 Å². The summed E-state index contributed by atoms with van der Waals surface area (Å²) in [6.45, 7) is 7.47. The molecular weight excluding hydrogens is 346 g/mol. The van der Waals surface area contributed by atoms with Crippen molar-refractivity contribution in [2.75, 3.05) is 13.2 Å². The third-order valence-electron chi connectivity index (χ3n) is 7.35. The van der Waals surface area contributed by atoms with E-state index in [9.17, 15) is 9.59 Å². The lowest BCUT2D eigenvalue weighted by Crippen LogP contribution is -2.60. The smallest absolute Gasteiger partial charge is 0.273 e. The first-order valence-corrected chi connectivity index (χ1v) is 9.89. The molecule has 3 aliphatic rings. The van der Waals surface area contributed by atoms with Gasteiger partial charge in [0.15, 0.2) is 12.1 Å². The van der Waals surface area contributed by atoms with Crippen LogP contribution in [-0.4, -0.2) is 42.1 Å². The maximum atomic E-state index is 12.0. The molecule has 1 aromatic rings. The molecular formula is C20H29N3O4. The number of carbonyl (C=O) groups is 2. The van der Waals surface area contributed by atoms with Crippen LogP contribution in [0.4, 0.5) is 0 Å². The molecule has 2 amide bonds. The van der Waals surface area contributed by atoms with E-state index in [1.54, 1.807) is 6.92 Å².